The maximum atomic E-state index is 9.26. The maximum Gasteiger partial charge on any atom is 0.131 e. The Labute approximate surface area is 125 Å². The Kier molecular flexibility index (Phi) is 6.04. The van der Waals surface area contributed by atoms with Crippen molar-refractivity contribution < 1.29 is 5.11 Å². The molecule has 1 aromatic heterocycles. The van der Waals surface area contributed by atoms with Crippen LogP contribution in [0.25, 0.3) is 0 Å². The van der Waals surface area contributed by atoms with Gasteiger partial charge in [-0.05, 0) is 26.1 Å². The van der Waals surface area contributed by atoms with Crippen LogP contribution in [0.4, 0.5) is 5.69 Å². The summed E-state index contributed by atoms with van der Waals surface area (Å²) in [6, 6.07) is 1.77. The van der Waals surface area contributed by atoms with Crippen LogP contribution in [-0.4, -0.2) is 66.2 Å². The van der Waals surface area contributed by atoms with Crippen molar-refractivity contribution in [2.24, 2.45) is 0 Å². The largest absolute Gasteiger partial charge is 0.392 e. The lowest BCUT2D eigenvalue weighted by Crippen LogP contribution is -2.44. The molecule has 2 rings (SSSR count). The van der Waals surface area contributed by atoms with Crippen LogP contribution in [0.15, 0.2) is 12.3 Å². The summed E-state index contributed by atoms with van der Waals surface area (Å²) in [5.41, 5.74) is 1.67. The molecule has 2 N–H and O–H groups in total. The lowest BCUT2D eigenvalue weighted by molar-refractivity contribution is 0.154. The van der Waals surface area contributed by atoms with E-state index in [-0.39, 0.29) is 6.61 Å². The fourth-order valence-electron chi connectivity index (χ4n) is 2.35. The van der Waals surface area contributed by atoms with Gasteiger partial charge < -0.3 is 20.2 Å². The molecule has 112 valence electrons. The molecule has 2 heterocycles. The molecule has 1 aliphatic heterocycles. The summed E-state index contributed by atoms with van der Waals surface area (Å²) in [6.07, 6.45) is 2.69. The van der Waals surface area contributed by atoms with E-state index in [1.807, 2.05) is 0 Å². The molecular formula is C14H23ClN4O. The summed E-state index contributed by atoms with van der Waals surface area (Å²) in [7, 11) is 2.17. The lowest BCUT2D eigenvalue weighted by atomic mass is 10.2. The molecule has 0 spiro atoms. The van der Waals surface area contributed by atoms with Gasteiger partial charge in [0.2, 0.25) is 0 Å². The molecule has 0 radical (unpaired) electrons. The quantitative estimate of drug-likeness (QED) is 0.612. The third kappa shape index (κ3) is 4.59. The summed E-state index contributed by atoms with van der Waals surface area (Å²) < 4.78 is 0. The molecule has 0 atom stereocenters. The minimum Gasteiger partial charge on any atom is -0.392 e. The van der Waals surface area contributed by atoms with Crippen LogP contribution < -0.4 is 5.32 Å². The molecule has 0 amide bonds. The van der Waals surface area contributed by atoms with Gasteiger partial charge in [-0.1, -0.05) is 11.6 Å². The van der Waals surface area contributed by atoms with E-state index >= 15 is 0 Å². The van der Waals surface area contributed by atoms with E-state index in [2.05, 4.69) is 27.1 Å². The van der Waals surface area contributed by atoms with Gasteiger partial charge in [0, 0.05) is 50.2 Å². The van der Waals surface area contributed by atoms with Crippen molar-refractivity contribution in [1.29, 1.82) is 0 Å². The minimum absolute atomic E-state index is 0.0229. The Morgan fingerprint density at radius 2 is 2.10 bits per heavy atom. The molecule has 0 aromatic carbocycles. The van der Waals surface area contributed by atoms with Gasteiger partial charge in [-0.2, -0.15) is 0 Å². The van der Waals surface area contributed by atoms with Crippen molar-refractivity contribution in [2.75, 3.05) is 51.6 Å². The fraction of sp³-hybridized carbons (Fsp3) is 0.643. The van der Waals surface area contributed by atoms with Gasteiger partial charge >= 0.3 is 0 Å². The molecule has 1 saturated heterocycles. The number of aliphatic hydroxyl groups excluding tert-OH is 1. The number of likely N-dealkylation sites (N-methyl/N-ethyl adjacent to an activating group) is 1. The van der Waals surface area contributed by atoms with E-state index < -0.39 is 0 Å². The number of aromatic nitrogens is 1. The summed E-state index contributed by atoms with van der Waals surface area (Å²) in [4.78, 5) is 8.83. The number of pyridine rings is 1. The topological polar surface area (TPSA) is 51.6 Å². The Morgan fingerprint density at radius 3 is 2.80 bits per heavy atom. The normalized spacial score (nSPS) is 17.4. The monoisotopic (exact) mass is 298 g/mol. The van der Waals surface area contributed by atoms with Crippen LogP contribution in [0.5, 0.6) is 0 Å². The molecule has 5 nitrogen and oxygen atoms in total. The van der Waals surface area contributed by atoms with E-state index in [4.69, 9.17) is 11.6 Å². The molecule has 1 aromatic rings. The number of hydrogen-bond donors (Lipinski definition) is 2. The predicted octanol–water partition coefficient (Wildman–Crippen LogP) is 1.28. The van der Waals surface area contributed by atoms with E-state index in [1.54, 1.807) is 12.3 Å². The zero-order chi connectivity index (χ0) is 14.4. The highest BCUT2D eigenvalue weighted by Gasteiger charge is 2.12. The van der Waals surface area contributed by atoms with Crippen molar-refractivity contribution in [2.45, 2.75) is 13.0 Å². The average molecular weight is 299 g/mol. The highest BCUT2D eigenvalue weighted by atomic mass is 35.5. The van der Waals surface area contributed by atoms with Crippen molar-refractivity contribution in [3.05, 3.63) is 23.0 Å². The van der Waals surface area contributed by atoms with Crippen molar-refractivity contribution in [1.82, 2.24) is 14.8 Å². The zero-order valence-corrected chi connectivity index (χ0v) is 12.7. The second-order valence-corrected chi connectivity index (χ2v) is 5.63. The number of rotatable bonds is 6. The first kappa shape index (κ1) is 15.5. The first-order valence-corrected chi connectivity index (χ1v) is 7.47. The Balaban J connectivity index is 1.72. The first-order valence-electron chi connectivity index (χ1n) is 7.09. The smallest absolute Gasteiger partial charge is 0.131 e. The number of anilines is 1. The maximum absolute atomic E-state index is 9.26. The minimum atomic E-state index is -0.0229. The van der Waals surface area contributed by atoms with Crippen LogP contribution >= 0.6 is 11.6 Å². The molecular weight excluding hydrogens is 276 g/mol. The number of halogens is 1. The van der Waals surface area contributed by atoms with Crippen LogP contribution in [0, 0.1) is 0 Å². The second-order valence-electron chi connectivity index (χ2n) is 5.25. The third-order valence-corrected chi connectivity index (χ3v) is 3.89. The molecule has 6 heteroatoms. The zero-order valence-electron chi connectivity index (χ0n) is 12.0. The summed E-state index contributed by atoms with van der Waals surface area (Å²) >= 11 is 5.88. The molecule has 0 bridgehead atoms. The Bertz CT molecular complexity index is 422. The number of nitrogens with zero attached hydrogens (tertiary/aromatic N) is 3. The highest BCUT2D eigenvalue weighted by Crippen LogP contribution is 2.18. The Hall–Kier alpha value is -0.880. The number of hydrogen-bond acceptors (Lipinski definition) is 5. The molecule has 20 heavy (non-hydrogen) atoms. The van der Waals surface area contributed by atoms with Gasteiger partial charge in [-0.25, -0.2) is 4.98 Å². The SMILES string of the molecule is CN1CCN(CCCNc2cc(Cl)ncc2CO)CC1. The van der Waals surface area contributed by atoms with Crippen LogP contribution in [-0.2, 0) is 6.61 Å². The summed E-state index contributed by atoms with van der Waals surface area (Å²) in [5.74, 6) is 0. The second kappa shape index (κ2) is 7.78. The molecule has 0 saturated carbocycles. The molecule has 0 unspecified atom stereocenters. The van der Waals surface area contributed by atoms with Gasteiger partial charge in [0.1, 0.15) is 5.15 Å². The van der Waals surface area contributed by atoms with Gasteiger partial charge in [-0.3, -0.25) is 0 Å². The van der Waals surface area contributed by atoms with Crippen LogP contribution in [0.3, 0.4) is 0 Å². The van der Waals surface area contributed by atoms with E-state index in [0.29, 0.717) is 5.15 Å². The van der Waals surface area contributed by atoms with Crippen LogP contribution in [0.1, 0.15) is 12.0 Å². The van der Waals surface area contributed by atoms with Gasteiger partial charge in [-0.15, -0.1) is 0 Å². The molecule has 1 fully saturated rings. The number of piperazine rings is 1. The average Bonchev–Trinajstić information content (AvgIpc) is 2.46. The molecule has 1 aliphatic rings. The molecule has 0 aliphatic carbocycles. The standard InChI is InChI=1S/C14H23ClN4O/c1-18-5-7-19(8-6-18)4-2-3-16-13-9-14(15)17-10-12(13)11-20/h9-10,20H,2-8,11H2,1H3,(H,16,17). The van der Waals surface area contributed by atoms with Crippen LogP contribution in [0.2, 0.25) is 5.15 Å². The predicted molar refractivity (Wildman–Crippen MR) is 82.2 cm³/mol. The van der Waals surface area contributed by atoms with Gasteiger partial charge in [0.05, 0.1) is 6.61 Å². The fourth-order valence-corrected chi connectivity index (χ4v) is 2.50. The lowest BCUT2D eigenvalue weighted by Gasteiger charge is -2.32. The Morgan fingerprint density at radius 1 is 1.35 bits per heavy atom. The third-order valence-electron chi connectivity index (χ3n) is 3.69. The number of aliphatic hydroxyl groups is 1. The number of nitrogens with one attached hydrogen (secondary N) is 1. The van der Waals surface area contributed by atoms with E-state index in [0.717, 1.165) is 56.9 Å². The van der Waals surface area contributed by atoms with Gasteiger partial charge in [0.15, 0.2) is 0 Å². The van der Waals surface area contributed by atoms with Gasteiger partial charge in [0.25, 0.3) is 0 Å². The first-order chi connectivity index (χ1) is 9.69. The van der Waals surface area contributed by atoms with Crippen molar-refractivity contribution in [3.63, 3.8) is 0 Å². The summed E-state index contributed by atoms with van der Waals surface area (Å²) in [6.45, 7) is 6.57. The van der Waals surface area contributed by atoms with E-state index in [9.17, 15) is 5.11 Å². The van der Waals surface area contributed by atoms with Crippen molar-refractivity contribution >= 4 is 17.3 Å². The highest BCUT2D eigenvalue weighted by molar-refractivity contribution is 6.29. The van der Waals surface area contributed by atoms with E-state index in [1.165, 1.54) is 0 Å². The summed E-state index contributed by atoms with van der Waals surface area (Å²) in [5, 5.41) is 13.0. The van der Waals surface area contributed by atoms with Crippen molar-refractivity contribution in [3.8, 4) is 0 Å².